The Morgan fingerprint density at radius 1 is 1.69 bits per heavy atom. The average Bonchev–Trinajstić information content (AvgIpc) is 2.50. The minimum absolute atomic E-state index is 0.405. The molecule has 0 aliphatic heterocycles. The number of aryl methyl sites for hydroxylation is 1. The van der Waals surface area contributed by atoms with Crippen molar-refractivity contribution in [3.8, 4) is 0 Å². The van der Waals surface area contributed by atoms with Crippen molar-refractivity contribution < 1.29 is 9.53 Å². The van der Waals surface area contributed by atoms with Crippen LogP contribution in [0, 0.1) is 6.92 Å². The van der Waals surface area contributed by atoms with Gasteiger partial charge in [-0.25, -0.2) is 4.79 Å². The van der Waals surface area contributed by atoms with Crippen LogP contribution in [0.2, 0.25) is 0 Å². The quantitative estimate of drug-likeness (QED) is 0.732. The fourth-order valence-electron chi connectivity index (χ4n) is 1.21. The van der Waals surface area contributed by atoms with Gasteiger partial charge in [0.25, 0.3) is 0 Å². The second-order valence-corrected chi connectivity index (χ2v) is 4.04. The van der Waals surface area contributed by atoms with E-state index in [2.05, 4.69) is 4.74 Å². The molecule has 0 radical (unpaired) electrons. The second-order valence-electron chi connectivity index (χ2n) is 3.13. The maximum absolute atomic E-state index is 11.3. The number of thiophene rings is 1. The summed E-state index contributed by atoms with van der Waals surface area (Å²) in [6.45, 7) is 3.59. The summed E-state index contributed by atoms with van der Waals surface area (Å²) in [5.41, 5.74) is 5.88. The summed E-state index contributed by atoms with van der Waals surface area (Å²) in [6.07, 6.45) is 0. The predicted octanol–water partition coefficient (Wildman–Crippen LogP) is 1.40. The van der Waals surface area contributed by atoms with E-state index in [1.807, 2.05) is 18.4 Å². The molecule has 4 heteroatoms. The first-order valence-electron chi connectivity index (χ1n) is 3.92. The first-order valence-corrected chi connectivity index (χ1v) is 4.80. The van der Waals surface area contributed by atoms with Crippen LogP contribution in [0.1, 0.15) is 17.4 Å². The number of esters is 1. The van der Waals surface area contributed by atoms with E-state index in [0.29, 0.717) is 0 Å². The largest absolute Gasteiger partial charge is 0.467 e. The fraction of sp³-hybridized carbons (Fsp3) is 0.444. The van der Waals surface area contributed by atoms with Gasteiger partial charge < -0.3 is 10.5 Å². The third kappa shape index (κ3) is 1.73. The third-order valence-corrected chi connectivity index (χ3v) is 3.20. The Morgan fingerprint density at radius 2 is 2.31 bits per heavy atom. The van der Waals surface area contributed by atoms with E-state index in [0.717, 1.165) is 10.4 Å². The molecule has 3 nitrogen and oxygen atoms in total. The lowest BCUT2D eigenvalue weighted by molar-refractivity contribution is -0.146. The van der Waals surface area contributed by atoms with Gasteiger partial charge in [0.05, 0.1) is 7.11 Å². The lowest BCUT2D eigenvalue weighted by atomic mass is 9.99. The zero-order valence-corrected chi connectivity index (χ0v) is 8.77. The van der Waals surface area contributed by atoms with Gasteiger partial charge in [0.15, 0.2) is 0 Å². The number of hydrogen-bond acceptors (Lipinski definition) is 4. The van der Waals surface area contributed by atoms with Gasteiger partial charge in [0, 0.05) is 4.88 Å². The van der Waals surface area contributed by atoms with Crippen molar-refractivity contribution in [2.75, 3.05) is 7.11 Å². The summed E-state index contributed by atoms with van der Waals surface area (Å²) in [5, 5.41) is 1.92. The monoisotopic (exact) mass is 199 g/mol. The molecule has 0 bridgehead atoms. The molecule has 13 heavy (non-hydrogen) atoms. The van der Waals surface area contributed by atoms with E-state index >= 15 is 0 Å². The third-order valence-electron chi connectivity index (χ3n) is 1.94. The van der Waals surface area contributed by atoms with Crippen molar-refractivity contribution in [3.63, 3.8) is 0 Å². The first kappa shape index (κ1) is 10.2. The van der Waals surface area contributed by atoms with Crippen LogP contribution in [0.15, 0.2) is 11.4 Å². The molecule has 2 N–H and O–H groups in total. The minimum Gasteiger partial charge on any atom is -0.467 e. The molecule has 1 heterocycles. The highest BCUT2D eigenvalue weighted by atomic mass is 32.1. The van der Waals surface area contributed by atoms with Crippen LogP contribution in [0.3, 0.4) is 0 Å². The van der Waals surface area contributed by atoms with Crippen LogP contribution in [0.4, 0.5) is 0 Å². The standard InChI is InChI=1S/C9H13NO2S/c1-6-4-5-13-7(6)9(2,10)8(11)12-3/h4-5H,10H2,1-3H3/t9-/m0/s1. The molecule has 1 aromatic heterocycles. The Balaban J connectivity index is 3.07. The van der Waals surface area contributed by atoms with Gasteiger partial charge in [-0.05, 0) is 30.9 Å². The molecule has 0 aliphatic carbocycles. The van der Waals surface area contributed by atoms with Gasteiger partial charge in [0.1, 0.15) is 5.54 Å². The summed E-state index contributed by atoms with van der Waals surface area (Å²) in [5.74, 6) is -0.405. The smallest absolute Gasteiger partial charge is 0.331 e. The maximum atomic E-state index is 11.3. The molecule has 0 fully saturated rings. The maximum Gasteiger partial charge on any atom is 0.331 e. The van der Waals surface area contributed by atoms with Gasteiger partial charge in [-0.1, -0.05) is 0 Å². The Bertz CT molecular complexity index is 317. The predicted molar refractivity (Wildman–Crippen MR) is 52.6 cm³/mol. The highest BCUT2D eigenvalue weighted by molar-refractivity contribution is 7.10. The van der Waals surface area contributed by atoms with Gasteiger partial charge >= 0.3 is 5.97 Å². The highest BCUT2D eigenvalue weighted by Crippen LogP contribution is 2.27. The molecular formula is C9H13NO2S. The zero-order chi connectivity index (χ0) is 10.1. The number of ether oxygens (including phenoxy) is 1. The Morgan fingerprint density at radius 3 is 2.69 bits per heavy atom. The van der Waals surface area contributed by atoms with Gasteiger partial charge in [0.2, 0.25) is 0 Å². The van der Waals surface area contributed by atoms with E-state index in [4.69, 9.17) is 5.73 Å². The number of nitrogens with two attached hydrogens (primary N) is 1. The van der Waals surface area contributed by atoms with E-state index in [1.165, 1.54) is 18.4 Å². The molecule has 72 valence electrons. The van der Waals surface area contributed by atoms with Crippen LogP contribution in [-0.2, 0) is 15.1 Å². The molecule has 0 amide bonds. The highest BCUT2D eigenvalue weighted by Gasteiger charge is 2.33. The van der Waals surface area contributed by atoms with Crippen molar-refractivity contribution >= 4 is 17.3 Å². The first-order chi connectivity index (χ1) is 6.00. The number of hydrogen-bond donors (Lipinski definition) is 1. The van der Waals surface area contributed by atoms with Crippen molar-refractivity contribution in [3.05, 3.63) is 21.9 Å². The molecule has 1 aromatic rings. The average molecular weight is 199 g/mol. The zero-order valence-electron chi connectivity index (χ0n) is 7.96. The molecule has 0 aromatic carbocycles. The summed E-state index contributed by atoms with van der Waals surface area (Å²) in [6, 6.07) is 1.94. The lowest BCUT2D eigenvalue weighted by Crippen LogP contribution is -2.42. The van der Waals surface area contributed by atoms with Crippen LogP contribution >= 0.6 is 11.3 Å². The van der Waals surface area contributed by atoms with Crippen molar-refractivity contribution in [2.45, 2.75) is 19.4 Å². The van der Waals surface area contributed by atoms with Crippen molar-refractivity contribution in [1.82, 2.24) is 0 Å². The molecule has 0 spiro atoms. The molecular weight excluding hydrogens is 186 g/mol. The SMILES string of the molecule is COC(=O)[C@@](C)(N)c1sccc1C. The molecule has 0 unspecified atom stereocenters. The van der Waals surface area contributed by atoms with Crippen LogP contribution in [0.25, 0.3) is 0 Å². The summed E-state index contributed by atoms with van der Waals surface area (Å²) in [7, 11) is 1.34. The molecule has 0 saturated heterocycles. The second kappa shape index (κ2) is 3.47. The van der Waals surface area contributed by atoms with Crippen molar-refractivity contribution in [1.29, 1.82) is 0 Å². The molecule has 1 rings (SSSR count). The number of carbonyl (C=O) groups is 1. The van der Waals surface area contributed by atoms with Gasteiger partial charge in [-0.2, -0.15) is 0 Å². The molecule has 1 atom stereocenters. The molecule has 0 aliphatic rings. The topological polar surface area (TPSA) is 52.3 Å². The summed E-state index contributed by atoms with van der Waals surface area (Å²) in [4.78, 5) is 12.2. The van der Waals surface area contributed by atoms with Crippen LogP contribution in [-0.4, -0.2) is 13.1 Å². The van der Waals surface area contributed by atoms with E-state index in [1.54, 1.807) is 6.92 Å². The summed E-state index contributed by atoms with van der Waals surface area (Å²) >= 11 is 1.47. The van der Waals surface area contributed by atoms with Gasteiger partial charge in [-0.15, -0.1) is 11.3 Å². The fourth-order valence-corrected chi connectivity index (χ4v) is 2.20. The van der Waals surface area contributed by atoms with E-state index < -0.39 is 11.5 Å². The van der Waals surface area contributed by atoms with Crippen LogP contribution < -0.4 is 5.73 Å². The lowest BCUT2D eigenvalue weighted by Gasteiger charge is -2.20. The minimum atomic E-state index is -1.02. The Kier molecular flexibility index (Phi) is 2.73. The number of rotatable bonds is 2. The van der Waals surface area contributed by atoms with Crippen LogP contribution in [0.5, 0.6) is 0 Å². The normalized spacial score (nSPS) is 15.1. The number of carbonyl (C=O) groups excluding carboxylic acids is 1. The Labute approximate surface area is 81.5 Å². The Hall–Kier alpha value is -0.870. The molecule has 0 saturated carbocycles. The van der Waals surface area contributed by atoms with E-state index in [-0.39, 0.29) is 0 Å². The number of methoxy groups -OCH3 is 1. The van der Waals surface area contributed by atoms with E-state index in [9.17, 15) is 4.79 Å². The van der Waals surface area contributed by atoms with Gasteiger partial charge in [-0.3, -0.25) is 0 Å². The van der Waals surface area contributed by atoms with Crippen molar-refractivity contribution in [2.24, 2.45) is 5.73 Å². The summed E-state index contributed by atoms with van der Waals surface area (Å²) < 4.78 is 4.64.